The van der Waals surface area contributed by atoms with Crippen molar-refractivity contribution in [1.29, 1.82) is 0 Å². The van der Waals surface area contributed by atoms with Crippen molar-refractivity contribution in [1.82, 2.24) is 4.90 Å². The molecular weight excluding hydrogens is 178 g/mol. The second-order valence-electron chi connectivity index (χ2n) is 3.90. The first kappa shape index (κ1) is 9.99. The van der Waals surface area contributed by atoms with Crippen LogP contribution < -0.4 is 0 Å². The summed E-state index contributed by atoms with van der Waals surface area (Å²) in [6.07, 6.45) is 4.63. The smallest absolute Gasteiger partial charge is 0.196 e. The van der Waals surface area contributed by atoms with Crippen LogP contribution in [-0.2, 0) is 9.47 Å². The zero-order valence-electron chi connectivity index (χ0n) is 9.03. The van der Waals surface area contributed by atoms with Gasteiger partial charge in [0.15, 0.2) is 6.29 Å². The van der Waals surface area contributed by atoms with Crippen molar-refractivity contribution < 1.29 is 9.47 Å². The van der Waals surface area contributed by atoms with E-state index in [0.29, 0.717) is 12.6 Å². The summed E-state index contributed by atoms with van der Waals surface area (Å²) < 4.78 is 11.1. The third kappa shape index (κ3) is 1.93. The van der Waals surface area contributed by atoms with Gasteiger partial charge in [0.2, 0.25) is 0 Å². The van der Waals surface area contributed by atoms with Gasteiger partial charge in [0.05, 0.1) is 6.04 Å². The minimum atomic E-state index is -0.105. The Bertz CT molecular complexity index is 227. The second kappa shape index (κ2) is 4.32. The van der Waals surface area contributed by atoms with E-state index in [1.807, 2.05) is 13.8 Å². The monoisotopic (exact) mass is 197 g/mol. The topological polar surface area (TPSA) is 21.7 Å². The van der Waals surface area contributed by atoms with Crippen LogP contribution in [0.25, 0.3) is 0 Å². The molecule has 0 spiro atoms. The molecule has 2 rings (SSSR count). The third-order valence-electron chi connectivity index (χ3n) is 2.92. The number of nitrogens with zero attached hydrogens (tertiary/aromatic N) is 1. The van der Waals surface area contributed by atoms with Crippen LogP contribution in [0.15, 0.2) is 11.8 Å². The van der Waals surface area contributed by atoms with Gasteiger partial charge >= 0.3 is 0 Å². The summed E-state index contributed by atoms with van der Waals surface area (Å²) >= 11 is 0. The lowest BCUT2D eigenvalue weighted by Gasteiger charge is -2.21. The standard InChI is InChI=1S/C11H19NO2/c1-3-13-9(2)14-11-6-8-12-7-4-5-10(11)12/h6,9-10H,3-5,7-8H2,1-2H3. The molecule has 2 unspecified atom stereocenters. The van der Waals surface area contributed by atoms with Crippen LogP contribution in [0, 0.1) is 0 Å². The van der Waals surface area contributed by atoms with E-state index >= 15 is 0 Å². The number of rotatable bonds is 4. The number of hydrogen-bond acceptors (Lipinski definition) is 3. The fraction of sp³-hybridized carbons (Fsp3) is 0.818. The average molecular weight is 197 g/mol. The van der Waals surface area contributed by atoms with Crippen molar-refractivity contribution in [2.24, 2.45) is 0 Å². The highest BCUT2D eigenvalue weighted by Gasteiger charge is 2.33. The Morgan fingerprint density at radius 3 is 3.29 bits per heavy atom. The lowest BCUT2D eigenvalue weighted by molar-refractivity contribution is -0.104. The molecule has 1 saturated heterocycles. The molecule has 0 radical (unpaired) electrons. The quantitative estimate of drug-likeness (QED) is 0.641. The Kier molecular flexibility index (Phi) is 3.08. The predicted octanol–water partition coefficient (Wildman–Crippen LogP) is 1.75. The SMILES string of the molecule is CCOC(C)OC1=CCN2CCCC12. The molecule has 0 amide bonds. The molecule has 2 aliphatic heterocycles. The van der Waals surface area contributed by atoms with E-state index in [2.05, 4.69) is 11.0 Å². The number of fused-ring (bicyclic) bond motifs is 1. The molecule has 0 aromatic rings. The first-order valence-corrected chi connectivity index (χ1v) is 5.53. The summed E-state index contributed by atoms with van der Waals surface area (Å²) in [5.74, 6) is 1.13. The zero-order chi connectivity index (χ0) is 9.97. The highest BCUT2D eigenvalue weighted by molar-refractivity contribution is 5.14. The average Bonchev–Trinajstić information content (AvgIpc) is 2.70. The molecule has 2 aliphatic rings. The maximum absolute atomic E-state index is 5.76. The maximum atomic E-state index is 5.76. The van der Waals surface area contributed by atoms with Crippen LogP contribution in [0.3, 0.4) is 0 Å². The normalized spacial score (nSPS) is 28.7. The Morgan fingerprint density at radius 1 is 1.64 bits per heavy atom. The van der Waals surface area contributed by atoms with Gasteiger partial charge in [-0.15, -0.1) is 0 Å². The van der Waals surface area contributed by atoms with Crippen molar-refractivity contribution in [3.8, 4) is 0 Å². The van der Waals surface area contributed by atoms with Gasteiger partial charge < -0.3 is 9.47 Å². The fourth-order valence-electron chi connectivity index (χ4n) is 2.30. The van der Waals surface area contributed by atoms with E-state index in [9.17, 15) is 0 Å². The van der Waals surface area contributed by atoms with Gasteiger partial charge in [-0.1, -0.05) is 0 Å². The molecule has 0 N–H and O–H groups in total. The van der Waals surface area contributed by atoms with Gasteiger partial charge in [-0.05, 0) is 39.3 Å². The summed E-state index contributed by atoms with van der Waals surface area (Å²) in [5, 5.41) is 0. The van der Waals surface area contributed by atoms with Crippen molar-refractivity contribution in [3.05, 3.63) is 11.8 Å². The van der Waals surface area contributed by atoms with E-state index < -0.39 is 0 Å². The third-order valence-corrected chi connectivity index (χ3v) is 2.92. The van der Waals surface area contributed by atoms with Gasteiger partial charge in [-0.2, -0.15) is 0 Å². The highest BCUT2D eigenvalue weighted by Crippen LogP contribution is 2.29. The minimum Gasteiger partial charge on any atom is -0.468 e. The fourth-order valence-corrected chi connectivity index (χ4v) is 2.30. The largest absolute Gasteiger partial charge is 0.468 e. The van der Waals surface area contributed by atoms with Crippen LogP contribution in [0.2, 0.25) is 0 Å². The van der Waals surface area contributed by atoms with Gasteiger partial charge in [-0.3, -0.25) is 4.90 Å². The van der Waals surface area contributed by atoms with Crippen LogP contribution in [0.4, 0.5) is 0 Å². The van der Waals surface area contributed by atoms with Gasteiger partial charge in [0, 0.05) is 13.2 Å². The molecule has 2 atom stereocenters. The Morgan fingerprint density at radius 2 is 2.50 bits per heavy atom. The van der Waals surface area contributed by atoms with Gasteiger partial charge in [0.25, 0.3) is 0 Å². The van der Waals surface area contributed by atoms with E-state index in [1.54, 1.807) is 0 Å². The van der Waals surface area contributed by atoms with Gasteiger partial charge in [0.1, 0.15) is 5.76 Å². The molecule has 3 heteroatoms. The first-order valence-electron chi connectivity index (χ1n) is 5.53. The van der Waals surface area contributed by atoms with Crippen LogP contribution in [0.1, 0.15) is 26.7 Å². The van der Waals surface area contributed by atoms with Crippen molar-refractivity contribution in [2.45, 2.75) is 39.0 Å². The van der Waals surface area contributed by atoms with Crippen molar-refractivity contribution in [3.63, 3.8) is 0 Å². The summed E-state index contributed by atoms with van der Waals surface area (Å²) in [4.78, 5) is 2.47. The lowest BCUT2D eigenvalue weighted by atomic mass is 10.2. The molecule has 80 valence electrons. The molecule has 2 heterocycles. The molecule has 0 aromatic heterocycles. The molecular formula is C11H19NO2. The van der Waals surface area contributed by atoms with Crippen LogP contribution >= 0.6 is 0 Å². The molecule has 14 heavy (non-hydrogen) atoms. The summed E-state index contributed by atoms with van der Waals surface area (Å²) in [5.41, 5.74) is 0. The van der Waals surface area contributed by atoms with Crippen molar-refractivity contribution >= 4 is 0 Å². The summed E-state index contributed by atoms with van der Waals surface area (Å²) in [6, 6.07) is 0.540. The van der Waals surface area contributed by atoms with Crippen LogP contribution in [-0.4, -0.2) is 36.9 Å². The molecule has 0 bridgehead atoms. The Balaban J connectivity index is 1.86. The Hall–Kier alpha value is -0.540. The summed E-state index contributed by atoms with van der Waals surface area (Å²) in [7, 11) is 0. The second-order valence-corrected chi connectivity index (χ2v) is 3.90. The molecule has 3 nitrogen and oxygen atoms in total. The van der Waals surface area contributed by atoms with E-state index in [1.165, 1.54) is 19.4 Å². The highest BCUT2D eigenvalue weighted by atomic mass is 16.7. The molecule has 1 fully saturated rings. The van der Waals surface area contributed by atoms with Crippen LogP contribution in [0.5, 0.6) is 0 Å². The number of ether oxygens (including phenoxy) is 2. The maximum Gasteiger partial charge on any atom is 0.196 e. The minimum absolute atomic E-state index is 0.105. The van der Waals surface area contributed by atoms with Crippen molar-refractivity contribution in [2.75, 3.05) is 19.7 Å². The van der Waals surface area contributed by atoms with E-state index in [4.69, 9.17) is 9.47 Å². The first-order chi connectivity index (χ1) is 6.81. The van der Waals surface area contributed by atoms with E-state index in [0.717, 1.165) is 12.3 Å². The zero-order valence-corrected chi connectivity index (χ0v) is 9.03. The number of hydrogen-bond donors (Lipinski definition) is 0. The molecule has 0 saturated carbocycles. The summed E-state index contributed by atoms with van der Waals surface area (Å²) in [6.45, 7) is 6.94. The molecule has 0 aliphatic carbocycles. The lowest BCUT2D eigenvalue weighted by Crippen LogP contribution is -2.27. The molecule has 0 aromatic carbocycles. The van der Waals surface area contributed by atoms with Gasteiger partial charge in [-0.25, -0.2) is 0 Å². The Labute approximate surface area is 85.7 Å². The predicted molar refractivity (Wildman–Crippen MR) is 54.9 cm³/mol. The van der Waals surface area contributed by atoms with E-state index in [-0.39, 0.29) is 6.29 Å².